The van der Waals surface area contributed by atoms with Crippen LogP contribution in [0.1, 0.15) is 23.2 Å². The third-order valence-corrected chi connectivity index (χ3v) is 4.11. The van der Waals surface area contributed by atoms with Gasteiger partial charge in [-0.3, -0.25) is 9.89 Å². The van der Waals surface area contributed by atoms with E-state index in [1.54, 1.807) is 0 Å². The van der Waals surface area contributed by atoms with Crippen molar-refractivity contribution in [2.45, 2.75) is 26.2 Å². The van der Waals surface area contributed by atoms with Crippen molar-refractivity contribution in [2.24, 2.45) is 5.92 Å². The molecule has 0 aliphatic carbocycles. The molecule has 22 heavy (non-hydrogen) atoms. The third kappa shape index (κ3) is 3.54. The molecule has 1 unspecified atom stereocenters. The average Bonchev–Trinajstić information content (AvgIpc) is 3.18. The highest BCUT2D eigenvalue weighted by Gasteiger charge is 2.23. The third-order valence-electron chi connectivity index (χ3n) is 4.11. The summed E-state index contributed by atoms with van der Waals surface area (Å²) in [6, 6.07) is 10.3. The van der Waals surface area contributed by atoms with E-state index in [1.165, 1.54) is 11.1 Å². The van der Waals surface area contributed by atoms with E-state index in [2.05, 4.69) is 46.7 Å². The Balaban J connectivity index is 1.55. The van der Waals surface area contributed by atoms with Gasteiger partial charge >= 0.3 is 0 Å². The summed E-state index contributed by atoms with van der Waals surface area (Å²) in [4.78, 5) is 12.0. The molecule has 5 nitrogen and oxygen atoms in total. The lowest BCUT2D eigenvalue weighted by molar-refractivity contribution is -0.119. The maximum absolute atomic E-state index is 12.0. The fraction of sp³-hybridized carbons (Fsp3) is 0.412. The molecule has 1 aromatic heterocycles. The van der Waals surface area contributed by atoms with E-state index in [0.717, 1.165) is 25.0 Å². The normalized spacial score (nSPS) is 17.6. The van der Waals surface area contributed by atoms with Gasteiger partial charge in [0.05, 0.1) is 12.5 Å². The first-order chi connectivity index (χ1) is 10.7. The Kier molecular flexibility index (Phi) is 4.53. The molecule has 1 amide bonds. The van der Waals surface area contributed by atoms with Gasteiger partial charge in [0.25, 0.3) is 0 Å². The van der Waals surface area contributed by atoms with Crippen molar-refractivity contribution in [3.05, 3.63) is 47.2 Å². The zero-order valence-electron chi connectivity index (χ0n) is 12.8. The second-order valence-corrected chi connectivity index (χ2v) is 5.75. The number of amides is 1. The van der Waals surface area contributed by atoms with Crippen LogP contribution in [0, 0.1) is 12.8 Å². The SMILES string of the molecule is Cc1ccccc1CCc1cc(NC(=O)C2CCOC2)n[nH]1. The summed E-state index contributed by atoms with van der Waals surface area (Å²) in [6.07, 6.45) is 2.62. The summed E-state index contributed by atoms with van der Waals surface area (Å²) in [5.74, 6) is 0.540. The van der Waals surface area contributed by atoms with Gasteiger partial charge in [-0.25, -0.2) is 0 Å². The van der Waals surface area contributed by atoms with Crippen molar-refractivity contribution in [1.82, 2.24) is 10.2 Å². The van der Waals surface area contributed by atoms with Crippen LogP contribution in [-0.4, -0.2) is 29.3 Å². The number of nitrogens with one attached hydrogen (secondary N) is 2. The monoisotopic (exact) mass is 299 g/mol. The van der Waals surface area contributed by atoms with Crippen LogP contribution in [0.5, 0.6) is 0 Å². The fourth-order valence-electron chi connectivity index (χ4n) is 2.68. The Morgan fingerprint density at radius 1 is 1.41 bits per heavy atom. The van der Waals surface area contributed by atoms with E-state index < -0.39 is 0 Å². The largest absolute Gasteiger partial charge is 0.381 e. The summed E-state index contributed by atoms with van der Waals surface area (Å²) in [5.41, 5.74) is 3.67. The van der Waals surface area contributed by atoms with Gasteiger partial charge in [-0.1, -0.05) is 24.3 Å². The van der Waals surface area contributed by atoms with Crippen molar-refractivity contribution in [3.8, 4) is 0 Å². The number of hydrogen-bond acceptors (Lipinski definition) is 3. The fourth-order valence-corrected chi connectivity index (χ4v) is 2.68. The molecule has 1 fully saturated rings. The summed E-state index contributed by atoms with van der Waals surface area (Å²) in [6.45, 7) is 3.30. The number of hydrogen-bond donors (Lipinski definition) is 2. The number of H-pyrrole nitrogens is 1. The Morgan fingerprint density at radius 3 is 3.05 bits per heavy atom. The maximum Gasteiger partial charge on any atom is 0.231 e. The predicted octanol–water partition coefficient (Wildman–Crippen LogP) is 2.48. The molecule has 5 heteroatoms. The van der Waals surface area contributed by atoms with Crippen LogP contribution in [0.2, 0.25) is 0 Å². The van der Waals surface area contributed by atoms with Crippen LogP contribution in [0.25, 0.3) is 0 Å². The molecule has 0 bridgehead atoms. The highest BCUT2D eigenvalue weighted by molar-refractivity contribution is 5.91. The van der Waals surface area contributed by atoms with Crippen LogP contribution < -0.4 is 5.32 Å². The lowest BCUT2D eigenvalue weighted by Crippen LogP contribution is -2.22. The molecule has 0 spiro atoms. The number of carbonyl (C=O) groups excluding carboxylic acids is 1. The number of aryl methyl sites for hydroxylation is 3. The first kappa shape index (κ1) is 14.8. The summed E-state index contributed by atoms with van der Waals surface area (Å²) >= 11 is 0. The second kappa shape index (κ2) is 6.75. The van der Waals surface area contributed by atoms with Crippen molar-refractivity contribution >= 4 is 11.7 Å². The van der Waals surface area contributed by atoms with Crippen molar-refractivity contribution in [1.29, 1.82) is 0 Å². The molecule has 1 saturated heterocycles. The van der Waals surface area contributed by atoms with Gasteiger partial charge in [0, 0.05) is 18.4 Å². The quantitative estimate of drug-likeness (QED) is 0.891. The van der Waals surface area contributed by atoms with Gasteiger partial charge in [-0.2, -0.15) is 5.10 Å². The van der Waals surface area contributed by atoms with Crippen LogP contribution >= 0.6 is 0 Å². The van der Waals surface area contributed by atoms with E-state index in [-0.39, 0.29) is 11.8 Å². The molecule has 2 N–H and O–H groups in total. The van der Waals surface area contributed by atoms with E-state index >= 15 is 0 Å². The Bertz CT molecular complexity index is 645. The highest BCUT2D eigenvalue weighted by Crippen LogP contribution is 2.16. The van der Waals surface area contributed by atoms with Gasteiger partial charge in [0.2, 0.25) is 5.91 Å². The molecule has 0 saturated carbocycles. The molecular weight excluding hydrogens is 278 g/mol. The maximum atomic E-state index is 12.0. The lowest BCUT2D eigenvalue weighted by atomic mass is 10.0. The van der Waals surface area contributed by atoms with E-state index in [0.29, 0.717) is 19.0 Å². The molecule has 1 aliphatic heterocycles. The van der Waals surface area contributed by atoms with Gasteiger partial charge in [-0.05, 0) is 37.3 Å². The number of aromatic amines is 1. The number of benzene rings is 1. The Hall–Kier alpha value is -2.14. The zero-order chi connectivity index (χ0) is 15.4. The van der Waals surface area contributed by atoms with Crippen molar-refractivity contribution in [2.75, 3.05) is 18.5 Å². The minimum absolute atomic E-state index is 0.00514. The standard InChI is InChI=1S/C17H21N3O2/c1-12-4-2-3-5-13(12)6-7-15-10-16(20-19-15)18-17(21)14-8-9-22-11-14/h2-5,10,14H,6-9,11H2,1H3,(H2,18,19,20,21). The molecule has 1 aliphatic rings. The zero-order valence-corrected chi connectivity index (χ0v) is 12.8. The molecule has 0 radical (unpaired) electrons. The van der Waals surface area contributed by atoms with Gasteiger partial charge in [-0.15, -0.1) is 0 Å². The molecule has 1 aromatic carbocycles. The Morgan fingerprint density at radius 2 is 2.27 bits per heavy atom. The second-order valence-electron chi connectivity index (χ2n) is 5.75. The van der Waals surface area contributed by atoms with Crippen LogP contribution in [0.3, 0.4) is 0 Å². The van der Waals surface area contributed by atoms with Gasteiger partial charge in [0.1, 0.15) is 0 Å². The minimum atomic E-state index is -0.0490. The molecule has 2 heterocycles. The molecule has 3 rings (SSSR count). The van der Waals surface area contributed by atoms with Crippen molar-refractivity contribution in [3.63, 3.8) is 0 Å². The molecule has 1 atom stereocenters. The highest BCUT2D eigenvalue weighted by atomic mass is 16.5. The van der Waals surface area contributed by atoms with E-state index in [9.17, 15) is 4.79 Å². The molecular formula is C17H21N3O2. The topological polar surface area (TPSA) is 67.0 Å². The van der Waals surface area contributed by atoms with E-state index in [1.807, 2.05) is 6.07 Å². The smallest absolute Gasteiger partial charge is 0.231 e. The number of anilines is 1. The van der Waals surface area contributed by atoms with Crippen molar-refractivity contribution < 1.29 is 9.53 Å². The predicted molar refractivity (Wildman–Crippen MR) is 84.7 cm³/mol. The van der Waals surface area contributed by atoms with E-state index in [4.69, 9.17) is 4.74 Å². The van der Waals surface area contributed by atoms with Crippen LogP contribution in [0.4, 0.5) is 5.82 Å². The summed E-state index contributed by atoms with van der Waals surface area (Å²) in [7, 11) is 0. The number of rotatable bonds is 5. The summed E-state index contributed by atoms with van der Waals surface area (Å²) in [5, 5.41) is 10.0. The average molecular weight is 299 g/mol. The molecule has 116 valence electrons. The van der Waals surface area contributed by atoms with Crippen LogP contribution in [0.15, 0.2) is 30.3 Å². The van der Waals surface area contributed by atoms with Gasteiger partial charge < -0.3 is 10.1 Å². The molecule has 2 aromatic rings. The number of nitrogens with zero attached hydrogens (tertiary/aromatic N) is 1. The summed E-state index contributed by atoms with van der Waals surface area (Å²) < 4.78 is 5.23. The number of ether oxygens (including phenoxy) is 1. The number of aromatic nitrogens is 2. The van der Waals surface area contributed by atoms with Gasteiger partial charge in [0.15, 0.2) is 5.82 Å². The first-order valence-electron chi connectivity index (χ1n) is 7.70. The number of carbonyl (C=O) groups is 1. The minimum Gasteiger partial charge on any atom is -0.381 e. The lowest BCUT2D eigenvalue weighted by Gasteiger charge is -2.06. The van der Waals surface area contributed by atoms with Crippen LogP contribution in [-0.2, 0) is 22.4 Å². The first-order valence-corrected chi connectivity index (χ1v) is 7.70. The Labute approximate surface area is 130 Å².